The number of piperidine rings is 1. The van der Waals surface area contributed by atoms with Gasteiger partial charge in [-0.05, 0) is 56.0 Å². The number of nitrogens with zero attached hydrogens (tertiary/aromatic N) is 1. The van der Waals surface area contributed by atoms with Crippen LogP contribution in [0.4, 0.5) is 10.1 Å². The Balaban J connectivity index is 1.69. The van der Waals surface area contributed by atoms with Crippen molar-refractivity contribution in [2.75, 3.05) is 39.3 Å². The molecule has 158 valence electrons. The van der Waals surface area contributed by atoms with E-state index in [2.05, 4.69) is 10.2 Å². The molecule has 1 fully saturated rings. The first-order chi connectivity index (χ1) is 14.1. The molecule has 1 heterocycles. The third kappa shape index (κ3) is 4.93. The highest BCUT2D eigenvalue weighted by molar-refractivity contribution is 5.54. The molecule has 6 heteroatoms. The minimum Gasteiger partial charge on any atom is -0.493 e. The molecule has 1 N–H and O–H groups in total. The van der Waals surface area contributed by atoms with Gasteiger partial charge >= 0.3 is 0 Å². The molecular formula is C23H31FN2O3. The lowest BCUT2D eigenvalue weighted by Gasteiger charge is -2.29. The van der Waals surface area contributed by atoms with E-state index in [1.807, 2.05) is 31.2 Å². The summed E-state index contributed by atoms with van der Waals surface area (Å²) in [6.45, 7) is 4.48. The van der Waals surface area contributed by atoms with Crippen LogP contribution in [0.2, 0.25) is 0 Å². The van der Waals surface area contributed by atoms with Gasteiger partial charge in [-0.15, -0.1) is 0 Å². The lowest BCUT2D eigenvalue weighted by Crippen LogP contribution is -2.29. The fraction of sp³-hybridized carbons (Fsp3) is 0.478. The molecule has 1 aliphatic heterocycles. The standard InChI is InChI=1S/C23H31FN2O3/c1-16(18-12-21(27-2)23(29-4)22(13-18)28-3)25-15-17-8-9-19(14-20(17)24)26-10-6-5-7-11-26/h8-9,12-14,16,25H,5-7,10-11,15H2,1-4H3. The van der Waals surface area contributed by atoms with Gasteiger partial charge in [0.1, 0.15) is 5.82 Å². The highest BCUT2D eigenvalue weighted by Crippen LogP contribution is 2.39. The van der Waals surface area contributed by atoms with Crippen LogP contribution >= 0.6 is 0 Å². The second-order valence-corrected chi connectivity index (χ2v) is 7.38. The Hall–Kier alpha value is -2.47. The zero-order valence-corrected chi connectivity index (χ0v) is 17.8. The van der Waals surface area contributed by atoms with Crippen molar-refractivity contribution < 1.29 is 18.6 Å². The summed E-state index contributed by atoms with van der Waals surface area (Å²) in [4.78, 5) is 2.27. The van der Waals surface area contributed by atoms with Gasteiger partial charge in [-0.1, -0.05) is 6.07 Å². The number of benzene rings is 2. The van der Waals surface area contributed by atoms with Crippen molar-refractivity contribution in [3.63, 3.8) is 0 Å². The normalized spacial score (nSPS) is 15.1. The minimum atomic E-state index is -0.169. The maximum atomic E-state index is 14.7. The van der Waals surface area contributed by atoms with Crippen molar-refractivity contribution in [2.24, 2.45) is 0 Å². The average Bonchev–Trinajstić information content (AvgIpc) is 2.77. The second-order valence-electron chi connectivity index (χ2n) is 7.38. The summed E-state index contributed by atoms with van der Waals surface area (Å²) in [7, 11) is 4.77. The summed E-state index contributed by atoms with van der Waals surface area (Å²) in [6, 6.07) is 9.37. The SMILES string of the molecule is COc1cc(C(C)NCc2ccc(N3CCCCC3)cc2F)cc(OC)c1OC. The van der Waals surface area contributed by atoms with Gasteiger partial charge in [0, 0.05) is 36.9 Å². The number of halogens is 1. The summed E-state index contributed by atoms with van der Waals surface area (Å²) in [5, 5.41) is 3.39. The molecule has 29 heavy (non-hydrogen) atoms. The molecule has 2 aromatic carbocycles. The number of anilines is 1. The fourth-order valence-electron chi connectivity index (χ4n) is 3.76. The molecule has 0 bridgehead atoms. The van der Waals surface area contributed by atoms with E-state index < -0.39 is 0 Å². The average molecular weight is 403 g/mol. The number of ether oxygens (including phenoxy) is 3. The van der Waals surface area contributed by atoms with Gasteiger partial charge < -0.3 is 24.4 Å². The first-order valence-electron chi connectivity index (χ1n) is 10.1. The highest BCUT2D eigenvalue weighted by atomic mass is 19.1. The Morgan fingerprint density at radius 2 is 1.62 bits per heavy atom. The summed E-state index contributed by atoms with van der Waals surface area (Å²) in [6.07, 6.45) is 3.62. The molecule has 0 aliphatic carbocycles. The van der Waals surface area contributed by atoms with Crippen LogP contribution in [-0.2, 0) is 6.54 Å². The first kappa shape index (κ1) is 21.2. The highest BCUT2D eigenvalue weighted by Gasteiger charge is 2.17. The maximum Gasteiger partial charge on any atom is 0.203 e. The Morgan fingerprint density at radius 3 is 2.17 bits per heavy atom. The molecule has 1 aliphatic rings. The largest absolute Gasteiger partial charge is 0.493 e. The van der Waals surface area contributed by atoms with Crippen LogP contribution < -0.4 is 24.4 Å². The molecule has 2 aromatic rings. The van der Waals surface area contributed by atoms with Gasteiger partial charge in [0.25, 0.3) is 0 Å². The van der Waals surface area contributed by atoms with E-state index in [0.29, 0.717) is 29.4 Å². The van der Waals surface area contributed by atoms with Crippen molar-refractivity contribution in [1.29, 1.82) is 0 Å². The van der Waals surface area contributed by atoms with Crippen molar-refractivity contribution in [2.45, 2.75) is 38.8 Å². The third-order valence-corrected chi connectivity index (χ3v) is 5.54. The lowest BCUT2D eigenvalue weighted by atomic mass is 10.1. The lowest BCUT2D eigenvalue weighted by molar-refractivity contribution is 0.323. The Morgan fingerprint density at radius 1 is 0.966 bits per heavy atom. The van der Waals surface area contributed by atoms with Crippen LogP contribution in [-0.4, -0.2) is 34.4 Å². The summed E-state index contributed by atoms with van der Waals surface area (Å²) < 4.78 is 30.9. The molecule has 1 atom stereocenters. The fourth-order valence-corrected chi connectivity index (χ4v) is 3.76. The molecule has 5 nitrogen and oxygen atoms in total. The smallest absolute Gasteiger partial charge is 0.203 e. The zero-order valence-electron chi connectivity index (χ0n) is 17.8. The van der Waals surface area contributed by atoms with Gasteiger partial charge in [-0.2, -0.15) is 0 Å². The molecule has 0 spiro atoms. The number of rotatable bonds is 8. The van der Waals surface area contributed by atoms with Gasteiger partial charge in [-0.3, -0.25) is 0 Å². The first-order valence-corrected chi connectivity index (χ1v) is 10.1. The van der Waals surface area contributed by atoms with Gasteiger partial charge in [0.05, 0.1) is 21.3 Å². The van der Waals surface area contributed by atoms with Crippen molar-refractivity contribution in [1.82, 2.24) is 5.32 Å². The second kappa shape index (κ2) is 9.83. The van der Waals surface area contributed by atoms with Crippen LogP contribution in [0.3, 0.4) is 0 Å². The monoisotopic (exact) mass is 402 g/mol. The van der Waals surface area contributed by atoms with E-state index in [1.54, 1.807) is 27.4 Å². The number of hydrogen-bond donors (Lipinski definition) is 1. The van der Waals surface area contributed by atoms with E-state index >= 15 is 0 Å². The Kier molecular flexibility index (Phi) is 7.20. The van der Waals surface area contributed by atoms with Crippen molar-refractivity contribution >= 4 is 5.69 Å². The molecular weight excluding hydrogens is 371 g/mol. The van der Waals surface area contributed by atoms with E-state index in [0.717, 1.165) is 24.3 Å². The number of hydrogen-bond acceptors (Lipinski definition) is 5. The molecule has 0 radical (unpaired) electrons. The van der Waals surface area contributed by atoms with Gasteiger partial charge in [-0.25, -0.2) is 4.39 Å². The Bertz CT molecular complexity index is 797. The van der Waals surface area contributed by atoms with E-state index in [4.69, 9.17) is 14.2 Å². The van der Waals surface area contributed by atoms with Crippen LogP contribution in [0, 0.1) is 5.82 Å². The van der Waals surface area contributed by atoms with E-state index in [9.17, 15) is 4.39 Å². The molecule has 3 rings (SSSR count). The molecule has 1 unspecified atom stereocenters. The molecule has 0 saturated carbocycles. The van der Waals surface area contributed by atoms with Crippen LogP contribution in [0.5, 0.6) is 17.2 Å². The zero-order chi connectivity index (χ0) is 20.8. The van der Waals surface area contributed by atoms with Crippen molar-refractivity contribution in [3.05, 3.63) is 47.3 Å². The minimum absolute atomic E-state index is 0.0233. The van der Waals surface area contributed by atoms with Crippen LogP contribution in [0.15, 0.2) is 30.3 Å². The van der Waals surface area contributed by atoms with Crippen LogP contribution in [0.25, 0.3) is 0 Å². The predicted molar refractivity (Wildman–Crippen MR) is 114 cm³/mol. The summed E-state index contributed by atoms with van der Waals surface area (Å²) in [5.41, 5.74) is 2.61. The summed E-state index contributed by atoms with van der Waals surface area (Å²) >= 11 is 0. The maximum absolute atomic E-state index is 14.7. The van der Waals surface area contributed by atoms with Crippen LogP contribution in [0.1, 0.15) is 43.4 Å². The van der Waals surface area contributed by atoms with Gasteiger partial charge in [0.15, 0.2) is 11.5 Å². The number of methoxy groups -OCH3 is 3. The topological polar surface area (TPSA) is 43.0 Å². The van der Waals surface area contributed by atoms with Gasteiger partial charge in [0.2, 0.25) is 5.75 Å². The molecule has 0 amide bonds. The quantitative estimate of drug-likeness (QED) is 0.694. The molecule has 1 saturated heterocycles. The van der Waals surface area contributed by atoms with Crippen molar-refractivity contribution in [3.8, 4) is 17.2 Å². The third-order valence-electron chi connectivity index (χ3n) is 5.54. The molecule has 0 aromatic heterocycles. The van der Waals surface area contributed by atoms with E-state index in [-0.39, 0.29) is 11.9 Å². The predicted octanol–water partition coefficient (Wildman–Crippen LogP) is 4.69. The summed E-state index contributed by atoms with van der Waals surface area (Å²) in [5.74, 6) is 1.60. The number of nitrogens with one attached hydrogen (secondary N) is 1. The Labute approximate surface area is 172 Å². The van der Waals surface area contributed by atoms with E-state index in [1.165, 1.54) is 19.3 Å².